The molecule has 2 aliphatic heterocycles. The molecule has 3 heterocycles. The fourth-order valence-electron chi connectivity index (χ4n) is 3.10. The van der Waals surface area contributed by atoms with Gasteiger partial charge in [0.25, 0.3) is 0 Å². The fourth-order valence-corrected chi connectivity index (χ4v) is 3.98. The number of ether oxygens (including phenoxy) is 1. The summed E-state index contributed by atoms with van der Waals surface area (Å²) in [5.41, 5.74) is 0.264. The lowest BCUT2D eigenvalue weighted by atomic mass is 9.86. The minimum Gasteiger partial charge on any atom is -0.381 e. The number of nitrogens with zero attached hydrogens (tertiary/aromatic N) is 4. The maximum atomic E-state index is 5.55. The Labute approximate surface area is 124 Å². The van der Waals surface area contributed by atoms with Crippen LogP contribution in [0.3, 0.4) is 0 Å². The summed E-state index contributed by atoms with van der Waals surface area (Å²) in [6.45, 7) is 9.31. The van der Waals surface area contributed by atoms with Crippen LogP contribution >= 0.6 is 11.3 Å². The van der Waals surface area contributed by atoms with Crippen LogP contribution in [0.1, 0.15) is 37.6 Å². The van der Waals surface area contributed by atoms with Crippen LogP contribution in [0.2, 0.25) is 0 Å². The number of anilines is 1. The van der Waals surface area contributed by atoms with Crippen LogP contribution in [-0.4, -0.2) is 60.5 Å². The lowest BCUT2D eigenvalue weighted by Gasteiger charge is -2.51. The Balaban J connectivity index is 1.77. The van der Waals surface area contributed by atoms with E-state index in [-0.39, 0.29) is 5.54 Å². The third-order valence-corrected chi connectivity index (χ3v) is 5.90. The van der Waals surface area contributed by atoms with Gasteiger partial charge < -0.3 is 9.64 Å². The number of aromatic nitrogens is 2. The molecule has 0 radical (unpaired) electrons. The van der Waals surface area contributed by atoms with Crippen molar-refractivity contribution in [1.29, 1.82) is 0 Å². The molecule has 0 amide bonds. The molecular weight excluding hydrogens is 272 g/mol. The van der Waals surface area contributed by atoms with Gasteiger partial charge in [0.1, 0.15) is 5.01 Å². The maximum Gasteiger partial charge on any atom is 0.208 e. The molecule has 0 saturated carbocycles. The van der Waals surface area contributed by atoms with Gasteiger partial charge in [-0.25, -0.2) is 0 Å². The summed E-state index contributed by atoms with van der Waals surface area (Å²) in [6, 6.07) is 0. The first kappa shape index (κ1) is 14.2. The van der Waals surface area contributed by atoms with Gasteiger partial charge in [-0.1, -0.05) is 25.2 Å². The highest BCUT2D eigenvalue weighted by molar-refractivity contribution is 7.15. The smallest absolute Gasteiger partial charge is 0.208 e. The Bertz CT molecular complexity index is 456. The van der Waals surface area contributed by atoms with E-state index < -0.39 is 0 Å². The minimum atomic E-state index is 0.264. The lowest BCUT2D eigenvalue weighted by Crippen LogP contribution is -2.63. The molecule has 2 aliphatic rings. The second-order valence-corrected chi connectivity index (χ2v) is 7.24. The Morgan fingerprint density at radius 2 is 1.95 bits per heavy atom. The van der Waals surface area contributed by atoms with E-state index in [2.05, 4.69) is 40.9 Å². The van der Waals surface area contributed by atoms with Crippen molar-refractivity contribution >= 4 is 16.5 Å². The Morgan fingerprint density at radius 1 is 1.20 bits per heavy atom. The molecule has 0 N–H and O–H groups in total. The van der Waals surface area contributed by atoms with Gasteiger partial charge in [-0.2, -0.15) is 0 Å². The molecule has 1 aromatic rings. The molecule has 0 unspecified atom stereocenters. The topological polar surface area (TPSA) is 41.5 Å². The second kappa shape index (κ2) is 5.58. The third kappa shape index (κ3) is 2.56. The highest BCUT2D eigenvalue weighted by Crippen LogP contribution is 2.34. The van der Waals surface area contributed by atoms with Gasteiger partial charge in [-0.3, -0.25) is 4.90 Å². The molecule has 0 bridgehead atoms. The van der Waals surface area contributed by atoms with E-state index in [1.807, 2.05) is 0 Å². The zero-order valence-corrected chi connectivity index (χ0v) is 13.4. The summed E-state index contributed by atoms with van der Waals surface area (Å²) in [6.07, 6.45) is 2.24. The molecule has 112 valence electrons. The highest BCUT2D eigenvalue weighted by Gasteiger charge is 2.41. The summed E-state index contributed by atoms with van der Waals surface area (Å²) >= 11 is 1.75. The van der Waals surface area contributed by atoms with Gasteiger partial charge in [0, 0.05) is 44.3 Å². The molecule has 0 atom stereocenters. The zero-order chi connectivity index (χ0) is 14.2. The van der Waals surface area contributed by atoms with Crippen LogP contribution in [0.5, 0.6) is 0 Å². The quantitative estimate of drug-likeness (QED) is 0.834. The highest BCUT2D eigenvalue weighted by atomic mass is 32.1. The molecule has 20 heavy (non-hydrogen) atoms. The predicted octanol–water partition coefficient (Wildman–Crippen LogP) is 1.96. The fraction of sp³-hybridized carbons (Fsp3) is 0.857. The number of hydrogen-bond acceptors (Lipinski definition) is 6. The molecule has 1 aromatic heterocycles. The predicted molar refractivity (Wildman–Crippen MR) is 81.6 cm³/mol. The molecule has 6 heteroatoms. The van der Waals surface area contributed by atoms with Crippen LogP contribution in [0.25, 0.3) is 0 Å². The van der Waals surface area contributed by atoms with Crippen LogP contribution in [0.15, 0.2) is 0 Å². The average Bonchev–Trinajstić information content (AvgIpc) is 2.93. The Hall–Kier alpha value is -0.720. The van der Waals surface area contributed by atoms with Crippen molar-refractivity contribution in [2.75, 3.05) is 44.8 Å². The van der Waals surface area contributed by atoms with Crippen molar-refractivity contribution in [3.8, 4) is 0 Å². The first-order chi connectivity index (χ1) is 9.61. The molecular formula is C14H24N4OS. The van der Waals surface area contributed by atoms with Gasteiger partial charge in [0.15, 0.2) is 0 Å². The van der Waals surface area contributed by atoms with E-state index >= 15 is 0 Å². The van der Waals surface area contributed by atoms with E-state index in [9.17, 15) is 0 Å². The molecule has 5 nitrogen and oxygen atoms in total. The van der Waals surface area contributed by atoms with Crippen molar-refractivity contribution in [2.24, 2.45) is 0 Å². The standard InChI is InChI=1S/C14H24N4OS/c1-11(2)12-15-16-13(20-12)18-7-6-17(3)14(10-18)4-8-19-9-5-14/h11H,4-10H2,1-3H3. The van der Waals surface area contributed by atoms with Crippen LogP contribution in [-0.2, 0) is 4.74 Å². The summed E-state index contributed by atoms with van der Waals surface area (Å²) in [4.78, 5) is 4.95. The van der Waals surface area contributed by atoms with Gasteiger partial charge in [0.05, 0.1) is 0 Å². The molecule has 1 spiro atoms. The normalized spacial score (nSPS) is 23.7. The zero-order valence-electron chi connectivity index (χ0n) is 12.6. The maximum absolute atomic E-state index is 5.55. The summed E-state index contributed by atoms with van der Waals surface area (Å²) in [5, 5.41) is 11.0. The van der Waals surface area contributed by atoms with E-state index in [0.717, 1.165) is 55.8 Å². The molecule has 0 aliphatic carbocycles. The summed E-state index contributed by atoms with van der Waals surface area (Å²) in [7, 11) is 2.25. The molecule has 0 aromatic carbocycles. The largest absolute Gasteiger partial charge is 0.381 e. The number of hydrogen-bond donors (Lipinski definition) is 0. The monoisotopic (exact) mass is 296 g/mol. The first-order valence-corrected chi connectivity index (χ1v) is 8.30. The van der Waals surface area contributed by atoms with Crippen LogP contribution < -0.4 is 4.90 Å². The molecule has 3 rings (SSSR count). The Kier molecular flexibility index (Phi) is 3.97. The van der Waals surface area contributed by atoms with Crippen LogP contribution in [0, 0.1) is 0 Å². The average molecular weight is 296 g/mol. The van der Waals surface area contributed by atoms with E-state index in [1.165, 1.54) is 0 Å². The van der Waals surface area contributed by atoms with E-state index in [4.69, 9.17) is 4.74 Å². The third-order valence-electron chi connectivity index (χ3n) is 4.62. The number of piperazine rings is 1. The first-order valence-electron chi connectivity index (χ1n) is 7.48. The van der Waals surface area contributed by atoms with Gasteiger partial charge in [-0.15, -0.1) is 10.2 Å². The molecule has 2 fully saturated rings. The van der Waals surface area contributed by atoms with Crippen molar-refractivity contribution in [2.45, 2.75) is 38.1 Å². The van der Waals surface area contributed by atoms with E-state index in [1.54, 1.807) is 11.3 Å². The SMILES string of the molecule is CC(C)c1nnc(N2CCN(C)C3(CCOCC3)C2)s1. The van der Waals surface area contributed by atoms with Gasteiger partial charge >= 0.3 is 0 Å². The van der Waals surface area contributed by atoms with Crippen molar-refractivity contribution < 1.29 is 4.74 Å². The minimum absolute atomic E-state index is 0.264. The van der Waals surface area contributed by atoms with Crippen molar-refractivity contribution in [3.05, 3.63) is 5.01 Å². The molecule has 2 saturated heterocycles. The van der Waals surface area contributed by atoms with Crippen molar-refractivity contribution in [3.63, 3.8) is 0 Å². The van der Waals surface area contributed by atoms with E-state index in [0.29, 0.717) is 5.92 Å². The van der Waals surface area contributed by atoms with Crippen molar-refractivity contribution in [1.82, 2.24) is 15.1 Å². The van der Waals surface area contributed by atoms with Crippen LogP contribution in [0.4, 0.5) is 5.13 Å². The van der Waals surface area contributed by atoms with Gasteiger partial charge in [0.2, 0.25) is 5.13 Å². The lowest BCUT2D eigenvalue weighted by molar-refractivity contribution is -0.0220. The van der Waals surface area contributed by atoms with Gasteiger partial charge in [-0.05, 0) is 19.9 Å². The summed E-state index contributed by atoms with van der Waals surface area (Å²) < 4.78 is 5.55. The number of likely N-dealkylation sites (N-methyl/N-ethyl adjacent to an activating group) is 1. The summed E-state index contributed by atoms with van der Waals surface area (Å²) in [5.74, 6) is 0.464. The number of rotatable bonds is 2. The second-order valence-electron chi connectivity index (χ2n) is 6.26. The Morgan fingerprint density at radius 3 is 2.60 bits per heavy atom.